The summed E-state index contributed by atoms with van der Waals surface area (Å²) in [7, 11) is -1.98. The molecule has 0 bridgehead atoms. The third-order valence-corrected chi connectivity index (χ3v) is 14.6. The molecule has 41 heavy (non-hydrogen) atoms. The van der Waals surface area contributed by atoms with E-state index >= 15 is 0 Å². The lowest BCUT2D eigenvalue weighted by atomic mass is 9.65. The number of carbonyl (C=O) groups excluding carboxylic acids is 2. The number of fused-ring (bicyclic) bond motifs is 1. The van der Waals surface area contributed by atoms with E-state index in [2.05, 4.69) is 72.0 Å². The molecule has 5 nitrogen and oxygen atoms in total. The molecule has 0 saturated carbocycles. The lowest BCUT2D eigenvalue weighted by molar-refractivity contribution is -0.161. The van der Waals surface area contributed by atoms with E-state index in [1.807, 2.05) is 32.0 Å². The van der Waals surface area contributed by atoms with Crippen LogP contribution in [0.1, 0.15) is 90.7 Å². The van der Waals surface area contributed by atoms with Crippen molar-refractivity contribution >= 4 is 20.3 Å². The van der Waals surface area contributed by atoms with Gasteiger partial charge in [-0.25, -0.2) is 0 Å². The molecule has 1 aliphatic heterocycles. The number of hydrogen-bond donors (Lipinski definition) is 0. The van der Waals surface area contributed by atoms with Gasteiger partial charge in [-0.2, -0.15) is 0 Å². The van der Waals surface area contributed by atoms with E-state index in [1.165, 1.54) is 5.57 Å². The number of hydrogen-bond acceptors (Lipinski definition) is 5. The smallest absolute Gasteiger partial charge is 0.313 e. The van der Waals surface area contributed by atoms with Gasteiger partial charge in [0.2, 0.25) is 0 Å². The van der Waals surface area contributed by atoms with Crippen molar-refractivity contribution in [2.24, 2.45) is 23.7 Å². The van der Waals surface area contributed by atoms with E-state index in [0.717, 1.165) is 36.8 Å². The maximum absolute atomic E-state index is 13.4. The van der Waals surface area contributed by atoms with Crippen molar-refractivity contribution in [3.05, 3.63) is 59.2 Å². The van der Waals surface area contributed by atoms with E-state index in [9.17, 15) is 9.59 Å². The van der Waals surface area contributed by atoms with Crippen molar-refractivity contribution in [2.75, 3.05) is 0 Å². The number of benzene rings is 1. The van der Waals surface area contributed by atoms with Crippen LogP contribution in [0, 0.1) is 30.6 Å². The van der Waals surface area contributed by atoms with Crippen LogP contribution < -0.4 is 0 Å². The molecule has 0 N–H and O–H groups in total. The Labute approximate surface area is 249 Å². The molecular formula is C35H52O5Si. The van der Waals surface area contributed by atoms with Gasteiger partial charge in [0, 0.05) is 12.3 Å². The summed E-state index contributed by atoms with van der Waals surface area (Å²) < 4.78 is 18.9. The first-order valence-electron chi connectivity index (χ1n) is 15.7. The molecule has 0 spiro atoms. The van der Waals surface area contributed by atoms with Gasteiger partial charge in [-0.3, -0.25) is 9.59 Å². The number of allylic oxidation sites excluding steroid dienone is 3. The number of aryl methyl sites for hydroxylation is 1. The Kier molecular flexibility index (Phi) is 9.75. The lowest BCUT2D eigenvalue weighted by Crippen LogP contribution is -2.47. The van der Waals surface area contributed by atoms with Gasteiger partial charge in [0.1, 0.15) is 12.2 Å². The Morgan fingerprint density at radius 3 is 2.56 bits per heavy atom. The van der Waals surface area contributed by atoms with Crippen LogP contribution in [0.2, 0.25) is 18.1 Å². The number of cyclic esters (lactones) is 1. The van der Waals surface area contributed by atoms with Crippen molar-refractivity contribution in [3.8, 4) is 0 Å². The second kappa shape index (κ2) is 12.6. The van der Waals surface area contributed by atoms with Gasteiger partial charge in [0.05, 0.1) is 18.4 Å². The molecule has 3 aliphatic rings. The molecule has 0 radical (unpaired) electrons. The van der Waals surface area contributed by atoms with Crippen LogP contribution in [-0.2, 0) is 23.5 Å². The van der Waals surface area contributed by atoms with Crippen molar-refractivity contribution in [1.82, 2.24) is 0 Å². The molecule has 1 fully saturated rings. The summed E-state index contributed by atoms with van der Waals surface area (Å²) in [5.74, 6) is 0.546. The third-order valence-electron chi connectivity index (χ3n) is 10.1. The average molecular weight is 581 g/mol. The minimum Gasteiger partial charge on any atom is -0.462 e. The quantitative estimate of drug-likeness (QED) is 0.229. The highest BCUT2D eigenvalue weighted by Crippen LogP contribution is 2.46. The fourth-order valence-electron chi connectivity index (χ4n) is 6.63. The number of carbonyl (C=O) groups is 2. The predicted octanol–water partition coefficient (Wildman–Crippen LogP) is 8.29. The fraction of sp³-hybridized carbons (Fsp3) is 0.657. The van der Waals surface area contributed by atoms with Crippen LogP contribution in [0.3, 0.4) is 0 Å². The van der Waals surface area contributed by atoms with Gasteiger partial charge in [-0.1, -0.05) is 82.7 Å². The van der Waals surface area contributed by atoms with Crippen molar-refractivity contribution in [3.63, 3.8) is 0 Å². The zero-order valence-electron chi connectivity index (χ0n) is 26.7. The molecule has 1 heterocycles. The van der Waals surface area contributed by atoms with Gasteiger partial charge in [-0.15, -0.1) is 0 Å². The summed E-state index contributed by atoms with van der Waals surface area (Å²) >= 11 is 0. The summed E-state index contributed by atoms with van der Waals surface area (Å²) in [5, 5.41) is 0.0951. The zero-order valence-corrected chi connectivity index (χ0v) is 27.7. The Morgan fingerprint density at radius 1 is 1.15 bits per heavy atom. The summed E-state index contributed by atoms with van der Waals surface area (Å²) in [6.07, 6.45) is 10.2. The molecular weight excluding hydrogens is 528 g/mol. The van der Waals surface area contributed by atoms with Crippen LogP contribution in [0.5, 0.6) is 0 Å². The minimum atomic E-state index is -1.98. The predicted molar refractivity (Wildman–Crippen MR) is 167 cm³/mol. The number of ether oxygens (including phenoxy) is 2. The van der Waals surface area contributed by atoms with Crippen LogP contribution in [0.15, 0.2) is 48.1 Å². The van der Waals surface area contributed by atoms with E-state index in [-0.39, 0.29) is 47.1 Å². The van der Waals surface area contributed by atoms with Gasteiger partial charge in [0.15, 0.2) is 8.32 Å². The molecule has 8 atom stereocenters. The second-order valence-electron chi connectivity index (χ2n) is 14.5. The van der Waals surface area contributed by atoms with E-state index < -0.39 is 8.32 Å². The molecule has 1 saturated heterocycles. The van der Waals surface area contributed by atoms with Crippen molar-refractivity contribution in [1.29, 1.82) is 0 Å². The second-order valence-corrected chi connectivity index (χ2v) is 19.3. The number of esters is 2. The highest BCUT2D eigenvalue weighted by atomic mass is 28.4. The van der Waals surface area contributed by atoms with Gasteiger partial charge >= 0.3 is 11.9 Å². The van der Waals surface area contributed by atoms with Gasteiger partial charge in [-0.05, 0) is 80.1 Å². The molecule has 1 aromatic rings. The molecule has 226 valence electrons. The maximum atomic E-state index is 13.4. The summed E-state index contributed by atoms with van der Waals surface area (Å²) in [4.78, 5) is 26.0. The first kappa shape index (κ1) is 31.7. The summed E-state index contributed by atoms with van der Waals surface area (Å²) in [6, 6.07) is 8.13. The molecule has 2 aliphatic carbocycles. The van der Waals surface area contributed by atoms with Gasteiger partial charge in [0.25, 0.3) is 0 Å². The van der Waals surface area contributed by atoms with E-state index in [4.69, 9.17) is 13.9 Å². The summed E-state index contributed by atoms with van der Waals surface area (Å²) in [6.45, 7) is 19.7. The highest BCUT2D eigenvalue weighted by molar-refractivity contribution is 6.74. The maximum Gasteiger partial charge on any atom is 0.313 e. The molecule has 1 unspecified atom stereocenters. The molecule has 0 amide bonds. The molecule has 0 aromatic heterocycles. The molecule has 1 aromatic carbocycles. The minimum absolute atomic E-state index is 0.0754. The van der Waals surface area contributed by atoms with Crippen LogP contribution in [-0.4, -0.2) is 38.6 Å². The van der Waals surface area contributed by atoms with Crippen LogP contribution >= 0.6 is 0 Å². The molecule has 4 rings (SSSR count). The van der Waals surface area contributed by atoms with Crippen molar-refractivity contribution in [2.45, 2.75) is 123 Å². The normalized spacial score (nSPS) is 31.1. The zero-order chi connectivity index (χ0) is 30.1. The van der Waals surface area contributed by atoms with E-state index in [0.29, 0.717) is 24.2 Å². The Balaban J connectivity index is 1.46. The third kappa shape index (κ3) is 7.62. The lowest BCUT2D eigenvalue weighted by Gasteiger charge is -2.44. The number of rotatable bonds is 8. The molecule has 6 heteroatoms. The van der Waals surface area contributed by atoms with E-state index in [1.54, 1.807) is 0 Å². The van der Waals surface area contributed by atoms with Crippen LogP contribution in [0.25, 0.3) is 0 Å². The van der Waals surface area contributed by atoms with Crippen molar-refractivity contribution < 1.29 is 23.5 Å². The first-order chi connectivity index (χ1) is 19.1. The summed E-state index contributed by atoms with van der Waals surface area (Å²) in [5.41, 5.74) is 3.43. The Hall–Kier alpha value is -2.18. The Bertz CT molecular complexity index is 1160. The first-order valence-corrected chi connectivity index (χ1v) is 18.6. The largest absolute Gasteiger partial charge is 0.462 e. The highest BCUT2D eigenvalue weighted by Gasteiger charge is 2.44. The fourth-order valence-corrected chi connectivity index (χ4v) is 8.00. The van der Waals surface area contributed by atoms with Crippen LogP contribution in [0.4, 0.5) is 0 Å². The Morgan fingerprint density at radius 2 is 1.88 bits per heavy atom. The van der Waals surface area contributed by atoms with Gasteiger partial charge < -0.3 is 13.9 Å². The monoisotopic (exact) mass is 580 g/mol. The standard InChI is InChI=1S/C35H52O5Si/c1-22-11-10-12-26(17-22)25(4)34(37)39-31-19-23(2)18-27-14-13-24(3)30(33(27)31)16-15-28-20-29(21-32(36)38-28)40-41(8,9)35(5,6)7/h10-14,17-18,23-25,28-31,33H,15-16,19-21H2,1-9H3/t23-,24-,25?,28+,29+,30-,31-,33-/m0/s1. The average Bonchev–Trinajstić information content (AvgIpc) is 2.86. The SMILES string of the molecule is Cc1cccc(C(C)C(=O)O[C@H]2C[C@@H](C)C=C3C=C[C@H](C)[C@H](CC[C@@H]4C[C@@H](O[Si](C)(C)C(C)(C)C)CC(=O)O4)[C@H]32)c1. The topological polar surface area (TPSA) is 61.8 Å².